The van der Waals surface area contributed by atoms with Crippen LogP contribution >= 0.6 is 0 Å². The second-order valence-electron chi connectivity index (χ2n) is 4.72. The number of aliphatic hydroxyl groups is 1. The Kier molecular flexibility index (Phi) is 3.94. The Morgan fingerprint density at radius 2 is 1.69 bits per heavy atom. The van der Waals surface area contributed by atoms with Crippen molar-refractivity contribution in [1.82, 2.24) is 0 Å². The average Bonchev–Trinajstić information content (AvgIpc) is 2.57. The molecule has 0 spiro atoms. The summed E-state index contributed by atoms with van der Waals surface area (Å²) in [6.07, 6.45) is 6.25. The molecule has 1 N–H and O–H groups in total. The molecule has 0 saturated heterocycles. The van der Waals surface area contributed by atoms with Crippen LogP contribution in [-0.2, 0) is 0 Å². The SMILES string of the molecule is OC(c1ccccc1F)C1CCCCCC1. The van der Waals surface area contributed by atoms with E-state index in [1.54, 1.807) is 18.2 Å². The quantitative estimate of drug-likeness (QED) is 0.754. The molecule has 1 unspecified atom stereocenters. The van der Waals surface area contributed by atoms with Crippen molar-refractivity contribution in [2.75, 3.05) is 0 Å². The summed E-state index contributed by atoms with van der Waals surface area (Å²) in [6.45, 7) is 0. The third kappa shape index (κ3) is 2.62. The molecular weight excluding hydrogens is 203 g/mol. The van der Waals surface area contributed by atoms with Gasteiger partial charge in [0.05, 0.1) is 6.10 Å². The molecule has 1 saturated carbocycles. The van der Waals surface area contributed by atoms with Crippen LogP contribution in [0.3, 0.4) is 0 Å². The van der Waals surface area contributed by atoms with Crippen molar-refractivity contribution in [2.24, 2.45) is 5.92 Å². The summed E-state index contributed by atoms with van der Waals surface area (Å²) in [4.78, 5) is 0. The summed E-state index contributed by atoms with van der Waals surface area (Å²) in [6, 6.07) is 6.58. The fraction of sp³-hybridized carbons (Fsp3) is 0.571. The van der Waals surface area contributed by atoms with E-state index in [0.29, 0.717) is 5.56 Å². The van der Waals surface area contributed by atoms with Crippen LogP contribution in [0.25, 0.3) is 0 Å². The maximum absolute atomic E-state index is 13.5. The van der Waals surface area contributed by atoms with Crippen LogP contribution in [0.1, 0.15) is 50.2 Å². The molecule has 1 aliphatic carbocycles. The monoisotopic (exact) mass is 222 g/mol. The third-order valence-electron chi connectivity index (χ3n) is 3.57. The van der Waals surface area contributed by atoms with Gasteiger partial charge in [0.25, 0.3) is 0 Å². The highest BCUT2D eigenvalue weighted by molar-refractivity contribution is 5.20. The third-order valence-corrected chi connectivity index (χ3v) is 3.57. The first-order valence-corrected chi connectivity index (χ1v) is 6.21. The fourth-order valence-corrected chi connectivity index (χ4v) is 2.60. The molecule has 1 aliphatic rings. The lowest BCUT2D eigenvalue weighted by atomic mass is 9.89. The fourth-order valence-electron chi connectivity index (χ4n) is 2.60. The standard InChI is InChI=1S/C14H19FO/c15-13-10-6-5-9-12(13)14(16)11-7-3-1-2-4-8-11/h5-6,9-11,14,16H,1-4,7-8H2. The van der Waals surface area contributed by atoms with Gasteiger partial charge < -0.3 is 5.11 Å². The van der Waals surface area contributed by atoms with Crippen LogP contribution in [0.15, 0.2) is 24.3 Å². The van der Waals surface area contributed by atoms with Gasteiger partial charge in [-0.15, -0.1) is 0 Å². The molecule has 0 amide bonds. The van der Waals surface area contributed by atoms with E-state index in [1.807, 2.05) is 0 Å². The largest absolute Gasteiger partial charge is 0.388 e. The Bertz CT molecular complexity index is 329. The van der Waals surface area contributed by atoms with Gasteiger partial charge in [0, 0.05) is 5.56 Å². The Balaban J connectivity index is 2.11. The number of benzene rings is 1. The maximum atomic E-state index is 13.5. The first-order valence-electron chi connectivity index (χ1n) is 6.21. The number of halogens is 1. The minimum absolute atomic E-state index is 0.236. The average molecular weight is 222 g/mol. The zero-order valence-corrected chi connectivity index (χ0v) is 9.53. The normalized spacial score (nSPS) is 20.4. The van der Waals surface area contributed by atoms with Gasteiger partial charge in [-0.25, -0.2) is 4.39 Å². The van der Waals surface area contributed by atoms with Crippen LogP contribution in [0.4, 0.5) is 4.39 Å². The predicted molar refractivity (Wildman–Crippen MR) is 62.6 cm³/mol. The molecule has 88 valence electrons. The molecule has 0 aliphatic heterocycles. The number of hydrogen-bond acceptors (Lipinski definition) is 1. The van der Waals surface area contributed by atoms with Crippen molar-refractivity contribution in [3.63, 3.8) is 0 Å². The lowest BCUT2D eigenvalue weighted by Crippen LogP contribution is -2.13. The van der Waals surface area contributed by atoms with Crippen LogP contribution < -0.4 is 0 Å². The zero-order chi connectivity index (χ0) is 11.4. The molecule has 0 aromatic heterocycles. The molecule has 1 fully saturated rings. The summed E-state index contributed by atoms with van der Waals surface area (Å²) >= 11 is 0. The molecule has 2 rings (SSSR count). The summed E-state index contributed by atoms with van der Waals surface area (Å²) in [5, 5.41) is 10.2. The van der Waals surface area contributed by atoms with Crippen LogP contribution in [-0.4, -0.2) is 5.11 Å². The second kappa shape index (κ2) is 5.44. The molecule has 1 aromatic rings. The Labute approximate surface area is 96.3 Å². The zero-order valence-electron chi connectivity index (χ0n) is 9.53. The highest BCUT2D eigenvalue weighted by Gasteiger charge is 2.23. The molecule has 1 nitrogen and oxygen atoms in total. The first-order chi connectivity index (χ1) is 7.79. The molecule has 1 atom stereocenters. The summed E-state index contributed by atoms with van der Waals surface area (Å²) in [7, 11) is 0. The molecule has 0 heterocycles. The van der Waals surface area contributed by atoms with Crippen molar-refractivity contribution < 1.29 is 9.50 Å². The maximum Gasteiger partial charge on any atom is 0.129 e. The number of hydrogen-bond donors (Lipinski definition) is 1. The van der Waals surface area contributed by atoms with Crippen LogP contribution in [0.2, 0.25) is 0 Å². The van der Waals surface area contributed by atoms with E-state index in [2.05, 4.69) is 0 Å². The van der Waals surface area contributed by atoms with E-state index in [-0.39, 0.29) is 11.7 Å². The lowest BCUT2D eigenvalue weighted by molar-refractivity contribution is 0.0952. The van der Waals surface area contributed by atoms with E-state index >= 15 is 0 Å². The van der Waals surface area contributed by atoms with Crippen molar-refractivity contribution in [3.05, 3.63) is 35.6 Å². The summed E-state index contributed by atoms with van der Waals surface area (Å²) in [5.74, 6) is -0.0429. The van der Waals surface area contributed by atoms with Gasteiger partial charge in [-0.2, -0.15) is 0 Å². The summed E-state index contributed by atoms with van der Waals surface area (Å²) < 4.78 is 13.5. The van der Waals surface area contributed by atoms with Gasteiger partial charge in [-0.3, -0.25) is 0 Å². The number of aliphatic hydroxyl groups excluding tert-OH is 1. The van der Waals surface area contributed by atoms with Crippen molar-refractivity contribution in [3.8, 4) is 0 Å². The highest BCUT2D eigenvalue weighted by Crippen LogP contribution is 2.34. The summed E-state index contributed by atoms with van der Waals surface area (Å²) in [5.41, 5.74) is 0.467. The molecule has 1 aromatic carbocycles. The van der Waals surface area contributed by atoms with Gasteiger partial charge in [-0.05, 0) is 24.8 Å². The molecule has 16 heavy (non-hydrogen) atoms. The van der Waals surface area contributed by atoms with Gasteiger partial charge in [0.1, 0.15) is 5.82 Å². The smallest absolute Gasteiger partial charge is 0.129 e. The van der Waals surface area contributed by atoms with Gasteiger partial charge in [0.2, 0.25) is 0 Å². The molecule has 0 bridgehead atoms. The Hall–Kier alpha value is -0.890. The predicted octanol–water partition coefficient (Wildman–Crippen LogP) is 3.83. The Morgan fingerprint density at radius 1 is 1.06 bits per heavy atom. The van der Waals surface area contributed by atoms with E-state index in [0.717, 1.165) is 25.7 Å². The number of rotatable bonds is 2. The molecular formula is C14H19FO. The van der Waals surface area contributed by atoms with Gasteiger partial charge in [0.15, 0.2) is 0 Å². The van der Waals surface area contributed by atoms with Gasteiger partial charge in [-0.1, -0.05) is 43.9 Å². The van der Waals surface area contributed by atoms with Crippen LogP contribution in [0, 0.1) is 11.7 Å². The van der Waals surface area contributed by atoms with Gasteiger partial charge >= 0.3 is 0 Å². The van der Waals surface area contributed by atoms with Crippen LogP contribution in [0.5, 0.6) is 0 Å². The first kappa shape index (κ1) is 11.6. The van der Waals surface area contributed by atoms with E-state index in [9.17, 15) is 9.50 Å². The van der Waals surface area contributed by atoms with E-state index < -0.39 is 6.10 Å². The minimum Gasteiger partial charge on any atom is -0.388 e. The Morgan fingerprint density at radius 3 is 2.31 bits per heavy atom. The van der Waals surface area contributed by atoms with Crippen molar-refractivity contribution in [2.45, 2.75) is 44.6 Å². The minimum atomic E-state index is -0.626. The van der Waals surface area contributed by atoms with Crippen molar-refractivity contribution in [1.29, 1.82) is 0 Å². The lowest BCUT2D eigenvalue weighted by Gasteiger charge is -2.21. The van der Waals surface area contributed by atoms with E-state index in [4.69, 9.17) is 0 Å². The topological polar surface area (TPSA) is 20.2 Å². The highest BCUT2D eigenvalue weighted by atomic mass is 19.1. The molecule has 0 radical (unpaired) electrons. The van der Waals surface area contributed by atoms with Crippen molar-refractivity contribution >= 4 is 0 Å². The second-order valence-corrected chi connectivity index (χ2v) is 4.72. The molecule has 2 heteroatoms. The van der Waals surface area contributed by atoms with E-state index in [1.165, 1.54) is 18.9 Å².